The minimum absolute atomic E-state index is 0.157. The maximum absolute atomic E-state index is 5.91. The highest BCUT2D eigenvalue weighted by molar-refractivity contribution is 4.90. The lowest BCUT2D eigenvalue weighted by atomic mass is 9.83. The molecule has 0 aliphatic carbocycles. The topological polar surface area (TPSA) is 21.3 Å². The summed E-state index contributed by atoms with van der Waals surface area (Å²) in [6, 6.07) is 0.373. The van der Waals surface area contributed by atoms with E-state index in [2.05, 4.69) is 46.5 Å². The zero-order valence-corrected chi connectivity index (χ0v) is 11.7. The highest BCUT2D eigenvalue weighted by Gasteiger charge is 2.31. The second kappa shape index (κ2) is 7.86. The Labute approximate surface area is 101 Å². The predicted octanol–water partition coefficient (Wildman–Crippen LogP) is 3.38. The smallest absolute Gasteiger partial charge is 0.0778 e. The summed E-state index contributed by atoms with van der Waals surface area (Å²) in [5, 5.41) is 3.57. The fourth-order valence-electron chi connectivity index (χ4n) is 1.97. The molecule has 0 radical (unpaired) electrons. The van der Waals surface area contributed by atoms with E-state index < -0.39 is 0 Å². The molecule has 0 saturated carbocycles. The second-order valence-electron chi connectivity index (χ2n) is 5.33. The minimum Gasteiger partial charge on any atom is -0.376 e. The molecule has 2 unspecified atom stereocenters. The highest BCUT2D eigenvalue weighted by Crippen LogP contribution is 2.26. The molecular formula is C14H29NO. The van der Waals surface area contributed by atoms with Crippen LogP contribution in [0.3, 0.4) is 0 Å². The molecule has 0 rings (SSSR count). The average Bonchev–Trinajstić information content (AvgIpc) is 2.19. The van der Waals surface area contributed by atoms with Crippen molar-refractivity contribution in [1.29, 1.82) is 0 Å². The Hall–Kier alpha value is -0.340. The van der Waals surface area contributed by atoms with E-state index in [4.69, 9.17) is 4.74 Å². The molecule has 0 aliphatic rings. The lowest BCUT2D eigenvalue weighted by molar-refractivity contribution is -0.0349. The van der Waals surface area contributed by atoms with Crippen LogP contribution >= 0.6 is 0 Å². The van der Waals surface area contributed by atoms with Crippen molar-refractivity contribution in [1.82, 2.24) is 5.32 Å². The Morgan fingerprint density at radius 2 is 1.94 bits per heavy atom. The predicted molar refractivity (Wildman–Crippen MR) is 71.8 cm³/mol. The van der Waals surface area contributed by atoms with Crippen molar-refractivity contribution in [3.63, 3.8) is 0 Å². The van der Waals surface area contributed by atoms with Crippen LogP contribution in [0, 0.1) is 5.41 Å². The number of ether oxygens (including phenoxy) is 1. The molecule has 0 amide bonds. The molecule has 0 spiro atoms. The van der Waals surface area contributed by atoms with Gasteiger partial charge >= 0.3 is 0 Å². The van der Waals surface area contributed by atoms with E-state index in [0.29, 0.717) is 6.04 Å². The third kappa shape index (κ3) is 5.66. The van der Waals surface area contributed by atoms with Crippen molar-refractivity contribution in [3.8, 4) is 0 Å². The first-order valence-corrected chi connectivity index (χ1v) is 6.43. The number of rotatable bonds is 8. The van der Waals surface area contributed by atoms with Crippen LogP contribution in [-0.2, 0) is 4.74 Å². The third-order valence-electron chi connectivity index (χ3n) is 2.64. The molecule has 96 valence electrons. The van der Waals surface area contributed by atoms with Crippen molar-refractivity contribution >= 4 is 0 Å². The molecule has 2 atom stereocenters. The molecule has 0 fully saturated rings. The van der Waals surface area contributed by atoms with Gasteiger partial charge in [-0.1, -0.05) is 33.8 Å². The first kappa shape index (κ1) is 15.7. The summed E-state index contributed by atoms with van der Waals surface area (Å²) in [7, 11) is 0. The molecular weight excluding hydrogens is 198 g/mol. The summed E-state index contributed by atoms with van der Waals surface area (Å²) >= 11 is 0. The van der Waals surface area contributed by atoms with Gasteiger partial charge in [-0.15, -0.1) is 6.58 Å². The van der Waals surface area contributed by atoms with Crippen molar-refractivity contribution in [2.24, 2.45) is 5.41 Å². The molecule has 2 heteroatoms. The fraction of sp³-hybridized carbons (Fsp3) is 0.857. The van der Waals surface area contributed by atoms with Crippen LogP contribution in [-0.4, -0.2) is 25.3 Å². The molecule has 0 aromatic rings. The van der Waals surface area contributed by atoms with Gasteiger partial charge in [-0.2, -0.15) is 0 Å². The summed E-state index contributed by atoms with van der Waals surface area (Å²) in [5.74, 6) is 0. The number of hydrogen-bond donors (Lipinski definition) is 1. The highest BCUT2D eigenvalue weighted by atomic mass is 16.5. The van der Waals surface area contributed by atoms with Gasteiger partial charge in [-0.25, -0.2) is 0 Å². The molecule has 0 heterocycles. The summed E-state index contributed by atoms with van der Waals surface area (Å²) in [6.45, 7) is 16.6. The molecule has 0 aliphatic heterocycles. The quantitative estimate of drug-likeness (QED) is 0.642. The average molecular weight is 227 g/mol. The van der Waals surface area contributed by atoms with Gasteiger partial charge < -0.3 is 10.1 Å². The maximum atomic E-state index is 5.91. The number of hydrogen-bond acceptors (Lipinski definition) is 2. The first-order valence-electron chi connectivity index (χ1n) is 6.43. The maximum Gasteiger partial charge on any atom is 0.0778 e. The number of nitrogens with one attached hydrogen (secondary N) is 1. The van der Waals surface area contributed by atoms with Gasteiger partial charge in [0.2, 0.25) is 0 Å². The summed E-state index contributed by atoms with van der Waals surface area (Å²) in [6.07, 6.45) is 4.32. The third-order valence-corrected chi connectivity index (χ3v) is 2.64. The van der Waals surface area contributed by atoms with Crippen molar-refractivity contribution < 1.29 is 4.74 Å². The van der Waals surface area contributed by atoms with E-state index in [0.717, 1.165) is 26.0 Å². The largest absolute Gasteiger partial charge is 0.376 e. The van der Waals surface area contributed by atoms with Crippen molar-refractivity contribution in [2.75, 3.05) is 13.2 Å². The molecule has 2 nitrogen and oxygen atoms in total. The van der Waals surface area contributed by atoms with Crippen LogP contribution in [0.2, 0.25) is 0 Å². The monoisotopic (exact) mass is 227 g/mol. The second-order valence-corrected chi connectivity index (χ2v) is 5.33. The van der Waals surface area contributed by atoms with Gasteiger partial charge in [0.1, 0.15) is 0 Å². The lowest BCUT2D eigenvalue weighted by Gasteiger charge is -2.37. The van der Waals surface area contributed by atoms with E-state index in [1.807, 2.05) is 6.08 Å². The summed E-state index contributed by atoms with van der Waals surface area (Å²) < 4.78 is 5.91. The Bertz CT molecular complexity index is 184. The zero-order chi connectivity index (χ0) is 12.6. The van der Waals surface area contributed by atoms with E-state index >= 15 is 0 Å². The SMILES string of the molecule is C=CCC(NCCC)C(OCC)C(C)(C)C. The minimum atomic E-state index is 0.157. The molecule has 16 heavy (non-hydrogen) atoms. The Balaban J connectivity index is 4.57. The van der Waals surface area contributed by atoms with Crippen LogP contribution in [0.5, 0.6) is 0 Å². The molecule has 0 bridgehead atoms. The van der Waals surface area contributed by atoms with Gasteiger partial charge in [-0.3, -0.25) is 0 Å². The van der Waals surface area contributed by atoms with Gasteiger partial charge in [-0.05, 0) is 31.7 Å². The first-order chi connectivity index (χ1) is 7.47. The molecule has 0 saturated heterocycles. The van der Waals surface area contributed by atoms with Crippen LogP contribution in [0.4, 0.5) is 0 Å². The van der Waals surface area contributed by atoms with Gasteiger partial charge in [0, 0.05) is 12.6 Å². The van der Waals surface area contributed by atoms with Crippen LogP contribution in [0.25, 0.3) is 0 Å². The Morgan fingerprint density at radius 1 is 1.31 bits per heavy atom. The molecule has 0 aromatic carbocycles. The standard InChI is InChI=1S/C14H29NO/c1-7-10-12(15-11-8-2)13(16-9-3)14(4,5)6/h7,12-13,15H,1,8-11H2,2-6H3. The Morgan fingerprint density at radius 3 is 2.31 bits per heavy atom. The van der Waals surface area contributed by atoms with E-state index in [-0.39, 0.29) is 11.5 Å². The van der Waals surface area contributed by atoms with Crippen LogP contribution in [0.15, 0.2) is 12.7 Å². The van der Waals surface area contributed by atoms with Crippen LogP contribution in [0.1, 0.15) is 47.5 Å². The van der Waals surface area contributed by atoms with E-state index in [1.165, 1.54) is 0 Å². The molecule has 0 aromatic heterocycles. The van der Waals surface area contributed by atoms with Crippen LogP contribution < -0.4 is 5.32 Å². The summed E-state index contributed by atoms with van der Waals surface area (Å²) in [5.41, 5.74) is 0.157. The lowest BCUT2D eigenvalue weighted by Crippen LogP contribution is -2.48. The van der Waals surface area contributed by atoms with Gasteiger partial charge in [0.15, 0.2) is 0 Å². The van der Waals surface area contributed by atoms with Crippen molar-refractivity contribution in [3.05, 3.63) is 12.7 Å². The fourth-order valence-corrected chi connectivity index (χ4v) is 1.97. The van der Waals surface area contributed by atoms with E-state index in [1.54, 1.807) is 0 Å². The summed E-state index contributed by atoms with van der Waals surface area (Å²) in [4.78, 5) is 0. The van der Waals surface area contributed by atoms with E-state index in [9.17, 15) is 0 Å². The Kier molecular flexibility index (Phi) is 7.69. The zero-order valence-electron chi connectivity index (χ0n) is 11.7. The normalized spacial score (nSPS) is 15.8. The van der Waals surface area contributed by atoms with Crippen molar-refractivity contribution in [2.45, 2.75) is 59.6 Å². The van der Waals surface area contributed by atoms with Gasteiger partial charge in [0.05, 0.1) is 6.10 Å². The van der Waals surface area contributed by atoms with Gasteiger partial charge in [0.25, 0.3) is 0 Å². The molecule has 1 N–H and O–H groups in total.